The highest BCUT2D eigenvalue weighted by Gasteiger charge is 2.16. The number of unbranched alkanes of at least 4 members (excludes halogenated alkanes) is 25. The average molecular weight is 663 g/mol. The minimum Gasteiger partial charge on any atom is -0.462 e. The largest absolute Gasteiger partial charge is 0.462 e. The summed E-state index contributed by atoms with van der Waals surface area (Å²) in [6.07, 6.45) is 45.2. The molecule has 0 saturated heterocycles. The van der Waals surface area contributed by atoms with Crippen LogP contribution in [0.4, 0.5) is 0 Å². The van der Waals surface area contributed by atoms with Crippen molar-refractivity contribution in [3.8, 4) is 0 Å². The molecule has 0 aliphatic carbocycles. The molecule has 0 rings (SSSR count). The molecule has 276 valence electrons. The lowest BCUT2D eigenvalue weighted by Gasteiger charge is -2.15. The molecule has 0 heterocycles. The van der Waals surface area contributed by atoms with E-state index in [-0.39, 0.29) is 25.2 Å². The Bertz CT molecular complexity index is 716. The highest BCUT2D eigenvalue weighted by atomic mass is 16.6. The van der Waals surface area contributed by atoms with Gasteiger partial charge in [0.2, 0.25) is 0 Å². The van der Waals surface area contributed by atoms with E-state index in [2.05, 4.69) is 38.2 Å². The number of rotatable bonds is 37. The molecule has 1 N–H and O–H groups in total. The van der Waals surface area contributed by atoms with Crippen LogP contribution in [-0.2, 0) is 19.1 Å². The fourth-order valence-electron chi connectivity index (χ4n) is 5.88. The number of carbonyl (C=O) groups is 2. The second-order valence-electron chi connectivity index (χ2n) is 13.7. The normalized spacial score (nSPS) is 12.3. The van der Waals surface area contributed by atoms with Crippen LogP contribution in [0.5, 0.6) is 0 Å². The Morgan fingerprint density at radius 1 is 0.489 bits per heavy atom. The molecule has 0 aliphatic rings. The van der Waals surface area contributed by atoms with Crippen molar-refractivity contribution in [3.63, 3.8) is 0 Å². The third-order valence-electron chi connectivity index (χ3n) is 9.00. The van der Waals surface area contributed by atoms with Crippen LogP contribution in [-0.4, -0.2) is 36.4 Å². The Hall–Kier alpha value is -1.62. The van der Waals surface area contributed by atoms with Crippen molar-refractivity contribution in [2.45, 2.75) is 219 Å². The van der Waals surface area contributed by atoms with Crippen LogP contribution in [0.1, 0.15) is 213 Å². The molecule has 0 amide bonds. The van der Waals surface area contributed by atoms with Crippen molar-refractivity contribution in [2.24, 2.45) is 0 Å². The fraction of sp³-hybridized carbons (Fsp3) is 0.857. The summed E-state index contributed by atoms with van der Waals surface area (Å²) in [5.74, 6) is -0.598. The van der Waals surface area contributed by atoms with Crippen LogP contribution in [0.2, 0.25) is 0 Å². The van der Waals surface area contributed by atoms with Crippen LogP contribution >= 0.6 is 0 Å². The predicted octanol–water partition coefficient (Wildman–Crippen LogP) is 12.7. The minimum atomic E-state index is -0.772. The van der Waals surface area contributed by atoms with Crippen LogP contribution in [0.25, 0.3) is 0 Å². The highest BCUT2D eigenvalue weighted by Crippen LogP contribution is 2.15. The molecule has 5 nitrogen and oxygen atoms in total. The lowest BCUT2D eigenvalue weighted by Crippen LogP contribution is -2.28. The van der Waals surface area contributed by atoms with E-state index in [1.807, 2.05) is 0 Å². The van der Waals surface area contributed by atoms with Crippen molar-refractivity contribution < 1.29 is 24.2 Å². The molecule has 1 atom stereocenters. The fourth-order valence-corrected chi connectivity index (χ4v) is 5.88. The first kappa shape index (κ1) is 45.4. The molecule has 0 saturated carbocycles. The number of aliphatic hydroxyl groups excluding tert-OH is 1. The molecule has 0 spiro atoms. The van der Waals surface area contributed by atoms with E-state index in [1.165, 1.54) is 135 Å². The maximum absolute atomic E-state index is 12.2. The van der Waals surface area contributed by atoms with Gasteiger partial charge in [-0.3, -0.25) is 9.59 Å². The second kappa shape index (κ2) is 38.8. The summed E-state index contributed by atoms with van der Waals surface area (Å²) in [5, 5.41) is 9.56. The van der Waals surface area contributed by atoms with Gasteiger partial charge in [0.15, 0.2) is 6.10 Å². The molecule has 47 heavy (non-hydrogen) atoms. The van der Waals surface area contributed by atoms with Gasteiger partial charge in [-0.15, -0.1) is 0 Å². The Labute approximate surface area is 292 Å². The predicted molar refractivity (Wildman–Crippen MR) is 201 cm³/mol. The van der Waals surface area contributed by atoms with Crippen molar-refractivity contribution >= 4 is 11.9 Å². The summed E-state index contributed by atoms with van der Waals surface area (Å²) in [6.45, 7) is 4.11. The Balaban J connectivity index is 3.53. The average Bonchev–Trinajstić information content (AvgIpc) is 3.07. The van der Waals surface area contributed by atoms with Crippen molar-refractivity contribution in [2.75, 3.05) is 13.2 Å². The first-order valence-electron chi connectivity index (χ1n) is 20.4. The maximum atomic E-state index is 12.2. The molecule has 0 fully saturated rings. The summed E-state index contributed by atoms with van der Waals surface area (Å²) in [7, 11) is 0. The van der Waals surface area contributed by atoms with Gasteiger partial charge >= 0.3 is 11.9 Å². The number of carbonyl (C=O) groups excluding carboxylic acids is 2. The van der Waals surface area contributed by atoms with Crippen LogP contribution in [0.15, 0.2) is 24.3 Å². The molecular weight excluding hydrogens is 584 g/mol. The van der Waals surface area contributed by atoms with Crippen LogP contribution in [0, 0.1) is 0 Å². The van der Waals surface area contributed by atoms with Crippen molar-refractivity contribution in [1.82, 2.24) is 0 Å². The molecule has 0 aliphatic heterocycles. The van der Waals surface area contributed by atoms with E-state index in [4.69, 9.17) is 9.47 Å². The van der Waals surface area contributed by atoms with Crippen LogP contribution in [0.3, 0.4) is 0 Å². The summed E-state index contributed by atoms with van der Waals surface area (Å²) in [6, 6.07) is 0. The molecule has 5 heteroatoms. The Kier molecular flexibility index (Phi) is 37.5. The van der Waals surface area contributed by atoms with Gasteiger partial charge in [0.05, 0.1) is 6.61 Å². The zero-order valence-electron chi connectivity index (χ0n) is 31.3. The van der Waals surface area contributed by atoms with Gasteiger partial charge in [-0.2, -0.15) is 0 Å². The summed E-state index contributed by atoms with van der Waals surface area (Å²) in [5.41, 5.74) is 0. The minimum absolute atomic E-state index is 0.0690. The van der Waals surface area contributed by atoms with E-state index in [0.29, 0.717) is 12.8 Å². The maximum Gasteiger partial charge on any atom is 0.306 e. The topological polar surface area (TPSA) is 72.8 Å². The van der Waals surface area contributed by atoms with Crippen molar-refractivity contribution in [3.05, 3.63) is 24.3 Å². The lowest BCUT2D eigenvalue weighted by atomic mass is 10.0. The molecule has 0 bridgehead atoms. The number of aliphatic hydroxyl groups is 1. The first-order valence-corrected chi connectivity index (χ1v) is 20.4. The monoisotopic (exact) mass is 663 g/mol. The Morgan fingerprint density at radius 3 is 1.30 bits per heavy atom. The molecule has 0 radical (unpaired) electrons. The van der Waals surface area contributed by atoms with Gasteiger partial charge in [0.1, 0.15) is 6.61 Å². The third-order valence-corrected chi connectivity index (χ3v) is 9.00. The zero-order chi connectivity index (χ0) is 34.3. The molecular formula is C42H78O5. The number of hydrogen-bond donors (Lipinski definition) is 1. The molecule has 0 aromatic heterocycles. The van der Waals surface area contributed by atoms with Crippen molar-refractivity contribution in [1.29, 1.82) is 0 Å². The number of ether oxygens (including phenoxy) is 2. The van der Waals surface area contributed by atoms with Gasteiger partial charge < -0.3 is 14.6 Å². The third kappa shape index (κ3) is 37.1. The first-order chi connectivity index (χ1) is 23.1. The van der Waals surface area contributed by atoms with Gasteiger partial charge in [0.25, 0.3) is 0 Å². The molecule has 0 aromatic rings. The van der Waals surface area contributed by atoms with Gasteiger partial charge in [0, 0.05) is 12.8 Å². The van der Waals surface area contributed by atoms with E-state index in [0.717, 1.165) is 51.4 Å². The zero-order valence-corrected chi connectivity index (χ0v) is 31.3. The van der Waals surface area contributed by atoms with Gasteiger partial charge in [-0.1, -0.05) is 179 Å². The summed E-state index contributed by atoms with van der Waals surface area (Å²) < 4.78 is 10.6. The smallest absolute Gasteiger partial charge is 0.306 e. The van der Waals surface area contributed by atoms with Gasteiger partial charge in [-0.25, -0.2) is 0 Å². The highest BCUT2D eigenvalue weighted by molar-refractivity contribution is 5.70. The summed E-state index contributed by atoms with van der Waals surface area (Å²) >= 11 is 0. The quantitative estimate of drug-likeness (QED) is 0.0407. The Morgan fingerprint density at radius 2 is 0.851 bits per heavy atom. The SMILES string of the molecule is CCCCC/C=C\C/C=C\CCCCCCCC(=O)OC[C@H](CO)OC(=O)CCCCCCCCCCCCCCCCCCCC. The van der Waals surface area contributed by atoms with E-state index in [9.17, 15) is 14.7 Å². The second-order valence-corrected chi connectivity index (χ2v) is 13.7. The number of hydrogen-bond acceptors (Lipinski definition) is 5. The van der Waals surface area contributed by atoms with E-state index < -0.39 is 6.10 Å². The number of esters is 2. The summed E-state index contributed by atoms with van der Waals surface area (Å²) in [4.78, 5) is 24.3. The molecule has 0 aromatic carbocycles. The lowest BCUT2D eigenvalue weighted by molar-refractivity contribution is -0.161. The van der Waals surface area contributed by atoms with Crippen LogP contribution < -0.4 is 0 Å². The van der Waals surface area contributed by atoms with E-state index in [1.54, 1.807) is 0 Å². The molecule has 0 unspecified atom stereocenters. The van der Waals surface area contributed by atoms with E-state index >= 15 is 0 Å². The van der Waals surface area contributed by atoms with Gasteiger partial charge in [-0.05, 0) is 44.9 Å². The standard InChI is InChI=1S/C42H78O5/c1-3-5-7-9-11-13-15-17-19-20-21-23-25-27-29-31-33-35-37-42(45)47-40(38-43)39-46-41(44)36-34-32-30-28-26-24-22-18-16-14-12-10-8-6-4-2/h12,14,18,22,40,43H,3-11,13,15-17,19-21,23-39H2,1-2H3/b14-12-,22-18-/t40-/m0/s1. The number of allylic oxidation sites excluding steroid dienone is 4.